The fourth-order valence-electron chi connectivity index (χ4n) is 2.64. The van der Waals surface area contributed by atoms with Gasteiger partial charge in [0.15, 0.2) is 0 Å². The number of imidazole rings is 1. The lowest BCUT2D eigenvalue weighted by Gasteiger charge is -2.21. The monoisotopic (exact) mass is 229 g/mol. The van der Waals surface area contributed by atoms with Gasteiger partial charge in [0.05, 0.1) is 11.0 Å². The Hall–Kier alpha value is -1.35. The molecule has 0 radical (unpaired) electrons. The van der Waals surface area contributed by atoms with Gasteiger partial charge in [-0.25, -0.2) is 4.98 Å². The Morgan fingerprint density at radius 1 is 1.41 bits per heavy atom. The van der Waals surface area contributed by atoms with Crippen molar-refractivity contribution < 1.29 is 0 Å². The average molecular weight is 229 g/mol. The van der Waals surface area contributed by atoms with Crippen molar-refractivity contribution in [3.63, 3.8) is 0 Å². The molecule has 1 saturated heterocycles. The molecule has 3 heteroatoms. The van der Waals surface area contributed by atoms with E-state index in [1.807, 2.05) is 0 Å². The molecule has 0 spiro atoms. The molecular weight excluding hydrogens is 210 g/mol. The predicted octanol–water partition coefficient (Wildman–Crippen LogP) is 2.41. The maximum absolute atomic E-state index is 4.66. The van der Waals surface area contributed by atoms with Crippen molar-refractivity contribution in [1.29, 1.82) is 0 Å². The van der Waals surface area contributed by atoms with Gasteiger partial charge in [-0.05, 0) is 56.5 Å². The number of aromatic amines is 1. The van der Waals surface area contributed by atoms with E-state index in [-0.39, 0.29) is 0 Å². The highest BCUT2D eigenvalue weighted by Crippen LogP contribution is 2.18. The molecule has 17 heavy (non-hydrogen) atoms. The van der Waals surface area contributed by atoms with Crippen LogP contribution in [0.4, 0.5) is 0 Å². The molecule has 0 saturated carbocycles. The van der Waals surface area contributed by atoms with Crippen molar-refractivity contribution in [1.82, 2.24) is 15.3 Å². The minimum atomic E-state index is 0.741. The maximum atomic E-state index is 4.66. The van der Waals surface area contributed by atoms with Crippen LogP contribution in [0.2, 0.25) is 0 Å². The standard InChI is InChI=1S/C14H19N3/c1-10-4-5-12-13(7-10)17-14(16-12)8-11-3-2-6-15-9-11/h4-5,7,11,15H,2-3,6,8-9H2,1H3,(H,16,17). The third kappa shape index (κ3) is 2.34. The predicted molar refractivity (Wildman–Crippen MR) is 70.1 cm³/mol. The van der Waals surface area contributed by atoms with Crippen LogP contribution in [0.25, 0.3) is 11.0 Å². The lowest BCUT2D eigenvalue weighted by Crippen LogP contribution is -2.31. The first-order chi connectivity index (χ1) is 8.31. The number of aromatic nitrogens is 2. The van der Waals surface area contributed by atoms with Gasteiger partial charge in [-0.1, -0.05) is 6.07 Å². The Bertz CT molecular complexity index is 509. The molecule has 90 valence electrons. The number of aryl methyl sites for hydroxylation is 1. The summed E-state index contributed by atoms with van der Waals surface area (Å²) in [6, 6.07) is 6.39. The minimum Gasteiger partial charge on any atom is -0.342 e. The van der Waals surface area contributed by atoms with Crippen LogP contribution in [-0.4, -0.2) is 23.1 Å². The normalized spacial score (nSPS) is 20.9. The van der Waals surface area contributed by atoms with E-state index >= 15 is 0 Å². The van der Waals surface area contributed by atoms with E-state index in [0.29, 0.717) is 0 Å². The van der Waals surface area contributed by atoms with Crippen molar-refractivity contribution in [2.45, 2.75) is 26.2 Å². The van der Waals surface area contributed by atoms with Crippen LogP contribution >= 0.6 is 0 Å². The molecule has 3 nitrogen and oxygen atoms in total. The van der Waals surface area contributed by atoms with Gasteiger partial charge in [0.25, 0.3) is 0 Å². The smallest absolute Gasteiger partial charge is 0.107 e. The topological polar surface area (TPSA) is 40.7 Å². The van der Waals surface area contributed by atoms with Gasteiger partial charge in [-0.3, -0.25) is 0 Å². The third-order valence-corrected chi connectivity index (χ3v) is 3.57. The van der Waals surface area contributed by atoms with Crippen molar-refractivity contribution in [3.8, 4) is 0 Å². The second-order valence-electron chi connectivity index (χ2n) is 5.12. The molecule has 2 N–H and O–H groups in total. The third-order valence-electron chi connectivity index (χ3n) is 3.57. The fraction of sp³-hybridized carbons (Fsp3) is 0.500. The molecule has 0 bridgehead atoms. The lowest BCUT2D eigenvalue weighted by atomic mass is 9.96. The maximum Gasteiger partial charge on any atom is 0.107 e. The average Bonchev–Trinajstić information content (AvgIpc) is 2.71. The minimum absolute atomic E-state index is 0.741. The summed E-state index contributed by atoms with van der Waals surface area (Å²) in [6.45, 7) is 4.43. The summed E-state index contributed by atoms with van der Waals surface area (Å²) in [5.41, 5.74) is 3.55. The molecule has 3 rings (SSSR count). The van der Waals surface area contributed by atoms with Crippen LogP contribution in [0.5, 0.6) is 0 Å². The number of piperidine rings is 1. The van der Waals surface area contributed by atoms with Crippen LogP contribution in [0.15, 0.2) is 18.2 Å². The van der Waals surface area contributed by atoms with Crippen LogP contribution < -0.4 is 5.32 Å². The zero-order valence-electron chi connectivity index (χ0n) is 10.3. The number of hydrogen-bond donors (Lipinski definition) is 2. The number of rotatable bonds is 2. The zero-order chi connectivity index (χ0) is 11.7. The summed E-state index contributed by atoms with van der Waals surface area (Å²) in [6.07, 6.45) is 3.69. The molecule has 1 unspecified atom stereocenters. The molecule has 1 aromatic carbocycles. The number of H-pyrrole nitrogens is 1. The number of fused-ring (bicyclic) bond motifs is 1. The lowest BCUT2D eigenvalue weighted by molar-refractivity contribution is 0.371. The molecule has 1 fully saturated rings. The molecule has 1 atom stereocenters. The van der Waals surface area contributed by atoms with Gasteiger partial charge in [-0.2, -0.15) is 0 Å². The SMILES string of the molecule is Cc1ccc2nc(CC3CCCNC3)[nH]c2c1. The Balaban J connectivity index is 1.80. The van der Waals surface area contributed by atoms with Crippen LogP contribution in [0.3, 0.4) is 0 Å². The second kappa shape index (κ2) is 4.49. The van der Waals surface area contributed by atoms with Crippen molar-refractivity contribution in [3.05, 3.63) is 29.6 Å². The molecular formula is C14H19N3. The molecule has 2 aromatic rings. The van der Waals surface area contributed by atoms with Gasteiger partial charge in [-0.15, -0.1) is 0 Å². The summed E-state index contributed by atoms with van der Waals surface area (Å²) in [7, 11) is 0. The van der Waals surface area contributed by atoms with Crippen LogP contribution in [0, 0.1) is 12.8 Å². The van der Waals surface area contributed by atoms with E-state index in [9.17, 15) is 0 Å². The van der Waals surface area contributed by atoms with Gasteiger partial charge >= 0.3 is 0 Å². The summed E-state index contributed by atoms with van der Waals surface area (Å²) in [5.74, 6) is 1.88. The molecule has 1 aromatic heterocycles. The van der Waals surface area contributed by atoms with Crippen molar-refractivity contribution in [2.75, 3.05) is 13.1 Å². The van der Waals surface area contributed by atoms with E-state index in [0.717, 1.165) is 30.2 Å². The number of nitrogens with zero attached hydrogens (tertiary/aromatic N) is 1. The zero-order valence-corrected chi connectivity index (χ0v) is 10.3. The van der Waals surface area contributed by atoms with E-state index in [1.165, 1.54) is 30.5 Å². The molecule has 1 aliphatic rings. The molecule has 2 heterocycles. The van der Waals surface area contributed by atoms with E-state index < -0.39 is 0 Å². The Morgan fingerprint density at radius 2 is 2.35 bits per heavy atom. The highest BCUT2D eigenvalue weighted by atomic mass is 14.9. The first-order valence-corrected chi connectivity index (χ1v) is 6.47. The highest BCUT2D eigenvalue weighted by molar-refractivity contribution is 5.75. The second-order valence-corrected chi connectivity index (χ2v) is 5.12. The Labute approximate surface area is 102 Å². The van der Waals surface area contributed by atoms with E-state index in [4.69, 9.17) is 0 Å². The quantitative estimate of drug-likeness (QED) is 0.830. The summed E-state index contributed by atoms with van der Waals surface area (Å²) in [4.78, 5) is 8.11. The largest absolute Gasteiger partial charge is 0.342 e. The summed E-state index contributed by atoms with van der Waals surface area (Å²) in [5, 5.41) is 3.46. The Morgan fingerprint density at radius 3 is 3.18 bits per heavy atom. The number of nitrogens with one attached hydrogen (secondary N) is 2. The molecule has 1 aliphatic heterocycles. The van der Waals surface area contributed by atoms with Crippen LogP contribution in [-0.2, 0) is 6.42 Å². The Kier molecular flexibility index (Phi) is 2.85. The first kappa shape index (κ1) is 10.8. The molecule has 0 amide bonds. The molecule has 0 aliphatic carbocycles. The van der Waals surface area contributed by atoms with Crippen molar-refractivity contribution >= 4 is 11.0 Å². The van der Waals surface area contributed by atoms with Crippen molar-refractivity contribution in [2.24, 2.45) is 5.92 Å². The number of benzene rings is 1. The first-order valence-electron chi connectivity index (χ1n) is 6.47. The number of hydrogen-bond acceptors (Lipinski definition) is 2. The van der Waals surface area contributed by atoms with E-state index in [2.05, 4.69) is 40.4 Å². The van der Waals surface area contributed by atoms with Gasteiger partial charge in [0, 0.05) is 6.42 Å². The van der Waals surface area contributed by atoms with Gasteiger partial charge in [0.1, 0.15) is 5.82 Å². The fourth-order valence-corrected chi connectivity index (χ4v) is 2.64. The van der Waals surface area contributed by atoms with Gasteiger partial charge < -0.3 is 10.3 Å². The van der Waals surface area contributed by atoms with Gasteiger partial charge in [0.2, 0.25) is 0 Å². The van der Waals surface area contributed by atoms with E-state index in [1.54, 1.807) is 0 Å². The van der Waals surface area contributed by atoms with Crippen LogP contribution in [0.1, 0.15) is 24.2 Å². The highest BCUT2D eigenvalue weighted by Gasteiger charge is 2.15. The summed E-state index contributed by atoms with van der Waals surface area (Å²) >= 11 is 0. The summed E-state index contributed by atoms with van der Waals surface area (Å²) < 4.78 is 0.